The van der Waals surface area contributed by atoms with Gasteiger partial charge in [-0.2, -0.15) is 0 Å². The van der Waals surface area contributed by atoms with E-state index < -0.39 is 0 Å². The summed E-state index contributed by atoms with van der Waals surface area (Å²) in [5, 5.41) is 3.37. The molecule has 1 aliphatic heterocycles. The summed E-state index contributed by atoms with van der Waals surface area (Å²) in [5.41, 5.74) is 2.91. The summed E-state index contributed by atoms with van der Waals surface area (Å²) >= 11 is 0. The summed E-state index contributed by atoms with van der Waals surface area (Å²) in [6.45, 7) is 2.87. The number of benzene rings is 1. The summed E-state index contributed by atoms with van der Waals surface area (Å²) < 4.78 is 0. The molecule has 2 heterocycles. The summed E-state index contributed by atoms with van der Waals surface area (Å²) in [6.07, 6.45) is 3.56. The first-order chi connectivity index (χ1) is 9.84. The Hall–Kier alpha value is -2.20. The van der Waals surface area contributed by atoms with Crippen LogP contribution in [0, 0.1) is 0 Å². The number of hydrogen-bond donors (Lipinski definition) is 1. The van der Waals surface area contributed by atoms with Gasteiger partial charge >= 0.3 is 0 Å². The predicted molar refractivity (Wildman–Crippen MR) is 77.1 cm³/mol. The standard InChI is InChI=1S/C16H17N3O/c20-16-15-6-2-1-5-14(15)11-18-8-9-19(16)12-13-4-3-7-17-10-13/h1-7,10,18H,8-9,11-12H2. The first kappa shape index (κ1) is 12.8. The molecule has 1 aromatic heterocycles. The van der Waals surface area contributed by atoms with E-state index in [0.29, 0.717) is 13.1 Å². The monoisotopic (exact) mass is 267 g/mol. The average molecular weight is 267 g/mol. The van der Waals surface area contributed by atoms with E-state index in [2.05, 4.69) is 10.3 Å². The number of pyridine rings is 1. The lowest BCUT2D eigenvalue weighted by molar-refractivity contribution is 0.0738. The second-order valence-electron chi connectivity index (χ2n) is 4.92. The number of hydrogen-bond acceptors (Lipinski definition) is 3. The second-order valence-corrected chi connectivity index (χ2v) is 4.92. The summed E-state index contributed by atoms with van der Waals surface area (Å²) in [6, 6.07) is 11.7. The van der Waals surface area contributed by atoms with Gasteiger partial charge in [-0.25, -0.2) is 0 Å². The summed E-state index contributed by atoms with van der Waals surface area (Å²) in [5.74, 6) is 0.103. The number of rotatable bonds is 2. The van der Waals surface area contributed by atoms with Gasteiger partial charge in [0.2, 0.25) is 0 Å². The van der Waals surface area contributed by atoms with E-state index in [-0.39, 0.29) is 5.91 Å². The molecule has 0 radical (unpaired) electrons. The third kappa shape index (κ3) is 2.70. The normalized spacial score (nSPS) is 15.4. The first-order valence-corrected chi connectivity index (χ1v) is 6.81. The fourth-order valence-electron chi connectivity index (χ4n) is 2.45. The quantitative estimate of drug-likeness (QED) is 0.903. The highest BCUT2D eigenvalue weighted by Gasteiger charge is 2.20. The Bertz CT molecular complexity index is 598. The van der Waals surface area contributed by atoms with Crippen molar-refractivity contribution in [1.29, 1.82) is 0 Å². The molecule has 4 nitrogen and oxygen atoms in total. The Balaban J connectivity index is 1.87. The zero-order valence-electron chi connectivity index (χ0n) is 11.2. The molecule has 4 heteroatoms. The van der Waals surface area contributed by atoms with Gasteiger partial charge in [0.1, 0.15) is 0 Å². The maximum Gasteiger partial charge on any atom is 0.254 e. The molecule has 0 atom stereocenters. The lowest BCUT2D eigenvalue weighted by Gasteiger charge is -2.26. The minimum atomic E-state index is 0.103. The van der Waals surface area contributed by atoms with E-state index in [9.17, 15) is 4.79 Å². The zero-order chi connectivity index (χ0) is 13.8. The number of carbonyl (C=O) groups is 1. The van der Waals surface area contributed by atoms with Crippen molar-refractivity contribution in [3.63, 3.8) is 0 Å². The summed E-state index contributed by atoms with van der Waals surface area (Å²) in [4.78, 5) is 18.7. The van der Waals surface area contributed by atoms with Gasteiger partial charge in [0.05, 0.1) is 0 Å². The number of aromatic nitrogens is 1. The third-order valence-electron chi connectivity index (χ3n) is 3.51. The van der Waals surface area contributed by atoms with Crippen LogP contribution in [0.5, 0.6) is 0 Å². The van der Waals surface area contributed by atoms with Crippen LogP contribution in [0.4, 0.5) is 0 Å². The van der Waals surface area contributed by atoms with Crippen molar-refractivity contribution in [2.24, 2.45) is 0 Å². The van der Waals surface area contributed by atoms with Crippen LogP contribution in [0.25, 0.3) is 0 Å². The molecule has 1 aromatic carbocycles. The van der Waals surface area contributed by atoms with Crippen molar-refractivity contribution < 1.29 is 4.79 Å². The highest BCUT2D eigenvalue weighted by Crippen LogP contribution is 2.15. The van der Waals surface area contributed by atoms with Crippen molar-refractivity contribution in [2.75, 3.05) is 13.1 Å². The lowest BCUT2D eigenvalue weighted by Crippen LogP contribution is -2.39. The van der Waals surface area contributed by atoms with Crippen LogP contribution in [0.2, 0.25) is 0 Å². The molecule has 0 bridgehead atoms. The Morgan fingerprint density at radius 1 is 1.20 bits per heavy atom. The number of carbonyl (C=O) groups excluding carboxylic acids is 1. The van der Waals surface area contributed by atoms with Crippen molar-refractivity contribution in [2.45, 2.75) is 13.1 Å². The molecule has 0 spiro atoms. The van der Waals surface area contributed by atoms with E-state index in [1.54, 1.807) is 6.20 Å². The highest BCUT2D eigenvalue weighted by atomic mass is 16.2. The van der Waals surface area contributed by atoms with E-state index in [0.717, 1.165) is 29.8 Å². The zero-order valence-corrected chi connectivity index (χ0v) is 11.2. The van der Waals surface area contributed by atoms with Crippen molar-refractivity contribution in [3.8, 4) is 0 Å². The van der Waals surface area contributed by atoms with Crippen LogP contribution < -0.4 is 5.32 Å². The molecule has 0 saturated carbocycles. The number of nitrogens with zero attached hydrogens (tertiary/aromatic N) is 2. The van der Waals surface area contributed by atoms with E-state index in [1.807, 2.05) is 47.5 Å². The van der Waals surface area contributed by atoms with Crippen molar-refractivity contribution >= 4 is 5.91 Å². The highest BCUT2D eigenvalue weighted by molar-refractivity contribution is 5.95. The Morgan fingerprint density at radius 2 is 2.10 bits per heavy atom. The van der Waals surface area contributed by atoms with Gasteiger partial charge in [0.15, 0.2) is 0 Å². The van der Waals surface area contributed by atoms with Gasteiger partial charge in [-0.05, 0) is 23.3 Å². The molecule has 1 amide bonds. The van der Waals surface area contributed by atoms with E-state index >= 15 is 0 Å². The number of fused-ring (bicyclic) bond motifs is 1. The Labute approximate surface area is 118 Å². The molecule has 3 rings (SSSR count). The van der Waals surface area contributed by atoms with E-state index in [4.69, 9.17) is 0 Å². The Morgan fingerprint density at radius 3 is 2.95 bits per heavy atom. The number of amides is 1. The predicted octanol–water partition coefficient (Wildman–Crippen LogP) is 1.83. The van der Waals surface area contributed by atoms with Gasteiger partial charge in [-0.3, -0.25) is 9.78 Å². The topological polar surface area (TPSA) is 45.2 Å². The molecule has 0 saturated heterocycles. The third-order valence-corrected chi connectivity index (χ3v) is 3.51. The molecular formula is C16H17N3O. The SMILES string of the molecule is O=C1c2ccccc2CNCCN1Cc1cccnc1. The fourth-order valence-corrected chi connectivity index (χ4v) is 2.45. The minimum Gasteiger partial charge on any atom is -0.333 e. The smallest absolute Gasteiger partial charge is 0.254 e. The maximum absolute atomic E-state index is 12.7. The van der Waals surface area contributed by atoms with Crippen molar-refractivity contribution in [1.82, 2.24) is 15.2 Å². The molecular weight excluding hydrogens is 250 g/mol. The lowest BCUT2D eigenvalue weighted by atomic mass is 10.0. The second kappa shape index (κ2) is 5.84. The average Bonchev–Trinajstić information content (AvgIpc) is 2.49. The van der Waals surface area contributed by atoms with Gasteiger partial charge < -0.3 is 10.2 Å². The van der Waals surface area contributed by atoms with E-state index in [1.165, 1.54) is 0 Å². The minimum absolute atomic E-state index is 0.103. The maximum atomic E-state index is 12.7. The van der Waals surface area contributed by atoms with Crippen LogP contribution in [0.3, 0.4) is 0 Å². The molecule has 2 aromatic rings. The summed E-state index contributed by atoms with van der Waals surface area (Å²) in [7, 11) is 0. The molecule has 1 aliphatic rings. The van der Waals surface area contributed by atoms with Crippen LogP contribution in [0.1, 0.15) is 21.5 Å². The molecule has 0 aliphatic carbocycles. The first-order valence-electron chi connectivity index (χ1n) is 6.81. The van der Waals surface area contributed by atoms with Gasteiger partial charge in [-0.1, -0.05) is 24.3 Å². The largest absolute Gasteiger partial charge is 0.333 e. The molecule has 102 valence electrons. The van der Waals surface area contributed by atoms with Crippen LogP contribution in [-0.2, 0) is 13.1 Å². The Kier molecular flexibility index (Phi) is 3.74. The fraction of sp³-hybridized carbons (Fsp3) is 0.250. The van der Waals surface area contributed by atoms with Gasteiger partial charge in [0, 0.05) is 44.1 Å². The number of nitrogens with one attached hydrogen (secondary N) is 1. The van der Waals surface area contributed by atoms with Gasteiger partial charge in [-0.15, -0.1) is 0 Å². The van der Waals surface area contributed by atoms with Crippen LogP contribution in [-0.4, -0.2) is 28.9 Å². The van der Waals surface area contributed by atoms with Gasteiger partial charge in [0.25, 0.3) is 5.91 Å². The molecule has 1 N–H and O–H groups in total. The molecule has 20 heavy (non-hydrogen) atoms. The van der Waals surface area contributed by atoms with Crippen molar-refractivity contribution in [3.05, 3.63) is 65.5 Å². The molecule has 0 unspecified atom stereocenters. The van der Waals surface area contributed by atoms with Crippen LogP contribution in [0.15, 0.2) is 48.8 Å². The van der Waals surface area contributed by atoms with Crippen LogP contribution >= 0.6 is 0 Å². The molecule has 0 fully saturated rings.